The highest BCUT2D eigenvalue weighted by atomic mass is 31.2. The number of nitrogens with zero attached hydrogens (tertiary/aromatic N) is 1. The number of hydrogen-bond acceptors (Lipinski definition) is 7. The molecule has 0 saturated heterocycles. The zero-order valence-electron chi connectivity index (χ0n) is 64.1. The van der Waals surface area contributed by atoms with Crippen LogP contribution in [0.2, 0.25) is 0 Å². The molecule has 2 unspecified atom stereocenters. The Morgan fingerprint density at radius 2 is 0.540 bits per heavy atom. The largest absolute Gasteiger partial charge is 0.472 e. The van der Waals surface area contributed by atoms with Gasteiger partial charge in [-0.2, -0.15) is 0 Å². The highest BCUT2D eigenvalue weighted by molar-refractivity contribution is 7.47. The van der Waals surface area contributed by atoms with Gasteiger partial charge in [-0.25, -0.2) is 4.57 Å². The van der Waals surface area contributed by atoms with E-state index in [0.29, 0.717) is 17.4 Å². The molecule has 562 valence electrons. The quantitative estimate of drug-likeness (QED) is 0.0211. The number of hydrogen-bond donors (Lipinski definition) is 1. The standard InChI is InChI=1S/C90H144NO8P/c1-6-8-10-12-14-16-18-20-22-24-26-28-30-32-34-36-38-40-42-43-44-45-46-47-49-51-53-55-57-59-61-63-65-67-69-71-73-75-77-79-81-83-90(93)99-88(87-98-100(94,95)97-85-84-91(3,4)5)86-96-89(92)82-80-78-76-74-72-70-68-66-64-62-60-58-56-54-52-50-48-41-39-37-35-33-31-29-27-25-23-21-19-17-15-13-11-9-7-2/h8-11,14-17,20-23,26-29,32-35,38-41,43-44,46-47,50-53,57,59,63,65,88H,6-7,12-13,18-19,24-25,30-31,36-37,42,45,48-49,54-56,58,60-62,64,66-87H2,1-5H3/p+1/b10-8-,11-9-,16-14-,17-15-,22-20-,23-21-,28-26-,29-27-,34-32-,35-33-,40-38-,41-39-,44-43-,47-46-,52-50-,53-51-,59-57-,65-63-. The Balaban J connectivity index is 4.11. The van der Waals surface area contributed by atoms with Gasteiger partial charge in [0.1, 0.15) is 19.8 Å². The third-order valence-corrected chi connectivity index (χ3v) is 17.0. The number of likely N-dealkylation sites (N-methyl/N-ethyl adjacent to an activating group) is 1. The highest BCUT2D eigenvalue weighted by Gasteiger charge is 2.27. The Kier molecular flexibility index (Phi) is 73.1. The van der Waals surface area contributed by atoms with Crippen LogP contribution < -0.4 is 0 Å². The third-order valence-electron chi connectivity index (χ3n) is 16.0. The van der Waals surface area contributed by atoms with Crippen molar-refractivity contribution in [1.29, 1.82) is 0 Å². The van der Waals surface area contributed by atoms with Crippen LogP contribution in [-0.4, -0.2) is 74.9 Å². The second kappa shape index (κ2) is 77.5. The highest BCUT2D eigenvalue weighted by Crippen LogP contribution is 2.43. The molecule has 0 aliphatic heterocycles. The summed E-state index contributed by atoms with van der Waals surface area (Å²) in [6.45, 7) is 4.18. The van der Waals surface area contributed by atoms with Crippen molar-refractivity contribution in [1.82, 2.24) is 0 Å². The summed E-state index contributed by atoms with van der Waals surface area (Å²) in [6.07, 6.45) is 123. The third kappa shape index (κ3) is 81.3. The molecule has 1 N–H and O–H groups in total. The molecule has 2 atom stereocenters. The fourth-order valence-electron chi connectivity index (χ4n) is 10.1. The Morgan fingerprint density at radius 3 is 0.800 bits per heavy atom. The molecule has 0 heterocycles. The second-order valence-corrected chi connectivity index (χ2v) is 28.1. The minimum absolute atomic E-state index is 0.0186. The maximum atomic E-state index is 12.9. The van der Waals surface area contributed by atoms with E-state index in [0.717, 1.165) is 161 Å². The summed E-state index contributed by atoms with van der Waals surface area (Å²) in [7, 11) is 1.44. The molecule has 0 aromatic carbocycles. The first-order valence-electron chi connectivity index (χ1n) is 39.5. The molecular weight excluding hydrogens is 1250 g/mol. The van der Waals surface area contributed by atoms with Crippen LogP contribution in [0.1, 0.15) is 284 Å². The minimum Gasteiger partial charge on any atom is -0.462 e. The van der Waals surface area contributed by atoms with E-state index < -0.39 is 26.5 Å². The van der Waals surface area contributed by atoms with Crippen molar-refractivity contribution in [2.75, 3.05) is 47.5 Å². The van der Waals surface area contributed by atoms with Gasteiger partial charge in [0.2, 0.25) is 0 Å². The molecule has 0 bridgehead atoms. The second-order valence-electron chi connectivity index (χ2n) is 26.6. The molecule has 0 aromatic heterocycles. The lowest BCUT2D eigenvalue weighted by Gasteiger charge is -2.24. The van der Waals surface area contributed by atoms with Gasteiger partial charge < -0.3 is 18.9 Å². The SMILES string of the molecule is CC/C=C\C/C=C\C/C=C\C/C=C\C/C=C\C/C=C\C/C=C\C/C=C\C/C=C\C/C=C\C/C=C\CCCCCCCCCC(=O)OC(COC(=O)CCCCCCCCCCCCCCC/C=C\C/C=C\C/C=C\C/C=C\C/C=C\C/C=C\C/C=C\CC)COP(=O)(O)OCC[N+](C)(C)C. The lowest BCUT2D eigenvalue weighted by atomic mass is 10.0. The Hall–Kier alpha value is -5.67. The number of phosphoric acid groups is 1. The van der Waals surface area contributed by atoms with Gasteiger partial charge in [0.05, 0.1) is 27.7 Å². The topological polar surface area (TPSA) is 108 Å². The lowest BCUT2D eigenvalue weighted by molar-refractivity contribution is -0.870. The summed E-state index contributed by atoms with van der Waals surface area (Å²) in [6, 6.07) is 0. The first-order valence-corrected chi connectivity index (χ1v) is 41.0. The van der Waals surface area contributed by atoms with Gasteiger partial charge in [-0.05, 0) is 154 Å². The van der Waals surface area contributed by atoms with Crippen molar-refractivity contribution < 1.29 is 42.1 Å². The first kappa shape index (κ1) is 94.3. The van der Waals surface area contributed by atoms with Gasteiger partial charge in [0.25, 0.3) is 0 Å². The summed E-state index contributed by atoms with van der Waals surface area (Å²) in [4.78, 5) is 36.0. The van der Waals surface area contributed by atoms with E-state index in [4.69, 9.17) is 18.5 Å². The molecule has 10 heteroatoms. The van der Waals surface area contributed by atoms with Gasteiger partial charge in [-0.15, -0.1) is 0 Å². The zero-order valence-corrected chi connectivity index (χ0v) is 65.0. The Morgan fingerprint density at radius 1 is 0.310 bits per heavy atom. The zero-order chi connectivity index (χ0) is 72.5. The van der Waals surface area contributed by atoms with Crippen LogP contribution in [0.15, 0.2) is 219 Å². The van der Waals surface area contributed by atoms with Crippen LogP contribution in [0.5, 0.6) is 0 Å². The molecule has 0 fully saturated rings. The number of phosphoric ester groups is 1. The maximum absolute atomic E-state index is 12.9. The molecule has 0 aromatic rings. The predicted octanol–water partition coefficient (Wildman–Crippen LogP) is 26.7. The van der Waals surface area contributed by atoms with Gasteiger partial charge in [-0.1, -0.05) is 335 Å². The van der Waals surface area contributed by atoms with Crippen LogP contribution in [-0.2, 0) is 32.7 Å². The first-order chi connectivity index (χ1) is 49.0. The molecule has 9 nitrogen and oxygen atoms in total. The number of ether oxygens (including phenoxy) is 2. The van der Waals surface area contributed by atoms with E-state index in [9.17, 15) is 19.0 Å². The van der Waals surface area contributed by atoms with E-state index >= 15 is 0 Å². The van der Waals surface area contributed by atoms with Crippen molar-refractivity contribution >= 4 is 19.8 Å². The average Bonchev–Trinajstić information content (AvgIpc) is 1.30. The number of unbranched alkanes of at least 4 members (excludes halogenated alkanes) is 20. The molecule has 0 radical (unpaired) electrons. The van der Waals surface area contributed by atoms with Crippen molar-refractivity contribution in [2.24, 2.45) is 0 Å². The van der Waals surface area contributed by atoms with E-state index in [2.05, 4.69) is 233 Å². The molecule has 0 amide bonds. The van der Waals surface area contributed by atoms with Crippen molar-refractivity contribution in [2.45, 2.75) is 290 Å². The Labute approximate surface area is 614 Å². The molecular formula is C90H145NO8P+. The number of carbonyl (C=O) groups excluding carboxylic acids is 2. The van der Waals surface area contributed by atoms with Crippen LogP contribution in [0.4, 0.5) is 0 Å². The smallest absolute Gasteiger partial charge is 0.462 e. The molecule has 0 spiro atoms. The van der Waals surface area contributed by atoms with Crippen molar-refractivity contribution in [3.8, 4) is 0 Å². The molecule has 100 heavy (non-hydrogen) atoms. The van der Waals surface area contributed by atoms with E-state index in [1.165, 1.54) is 89.9 Å². The fourth-order valence-corrected chi connectivity index (χ4v) is 10.8. The monoisotopic (exact) mass is 1400 g/mol. The van der Waals surface area contributed by atoms with Crippen molar-refractivity contribution in [3.63, 3.8) is 0 Å². The summed E-state index contributed by atoms with van der Waals surface area (Å²) < 4.78 is 34.8. The molecule has 0 rings (SSSR count). The Bertz CT molecular complexity index is 2500. The number of allylic oxidation sites excluding steroid dienone is 36. The van der Waals surface area contributed by atoms with Crippen LogP contribution in [0, 0.1) is 0 Å². The van der Waals surface area contributed by atoms with Crippen LogP contribution in [0.3, 0.4) is 0 Å². The summed E-state index contributed by atoms with van der Waals surface area (Å²) in [5.74, 6) is -0.822. The fraction of sp³-hybridized carbons (Fsp3) is 0.578. The van der Waals surface area contributed by atoms with E-state index in [1.54, 1.807) is 0 Å². The van der Waals surface area contributed by atoms with E-state index in [-0.39, 0.29) is 32.0 Å². The lowest BCUT2D eigenvalue weighted by Crippen LogP contribution is -2.37. The average molecular weight is 1400 g/mol. The summed E-state index contributed by atoms with van der Waals surface area (Å²) >= 11 is 0. The minimum atomic E-state index is -4.41. The van der Waals surface area contributed by atoms with Gasteiger partial charge >= 0.3 is 19.8 Å². The van der Waals surface area contributed by atoms with Gasteiger partial charge in [-0.3, -0.25) is 18.6 Å². The number of esters is 2. The predicted molar refractivity (Wildman–Crippen MR) is 435 cm³/mol. The van der Waals surface area contributed by atoms with Gasteiger partial charge in [0, 0.05) is 12.8 Å². The normalized spacial score (nSPS) is 14.3. The van der Waals surface area contributed by atoms with Crippen molar-refractivity contribution in [3.05, 3.63) is 219 Å². The maximum Gasteiger partial charge on any atom is 0.472 e. The molecule has 0 aliphatic carbocycles. The van der Waals surface area contributed by atoms with E-state index in [1.807, 2.05) is 21.1 Å². The molecule has 0 aliphatic rings. The summed E-state index contributed by atoms with van der Waals surface area (Å²) in [5.41, 5.74) is 0. The summed E-state index contributed by atoms with van der Waals surface area (Å²) in [5, 5.41) is 0. The number of carbonyl (C=O) groups is 2. The number of quaternary nitrogens is 1. The van der Waals surface area contributed by atoms with Crippen LogP contribution >= 0.6 is 7.82 Å². The van der Waals surface area contributed by atoms with Crippen LogP contribution in [0.25, 0.3) is 0 Å². The van der Waals surface area contributed by atoms with Gasteiger partial charge in [0.15, 0.2) is 6.10 Å². The number of rotatable bonds is 70. The molecule has 0 saturated carbocycles.